The molecule has 2 aromatic rings. The average molecular weight is 312 g/mol. The monoisotopic (exact) mass is 312 g/mol. The summed E-state index contributed by atoms with van der Waals surface area (Å²) in [7, 11) is 1.34. The highest BCUT2D eigenvalue weighted by atomic mass is 16.5. The number of carbonyl (C=O) groups excluding carboxylic acids is 2. The maximum Gasteiger partial charge on any atom is 0.339 e. The summed E-state index contributed by atoms with van der Waals surface area (Å²) in [6.45, 7) is 5.58. The lowest BCUT2D eigenvalue weighted by Gasteiger charge is -2.22. The normalized spacial score (nSPS) is 16.3. The fourth-order valence-corrected chi connectivity index (χ4v) is 3.37. The number of anilines is 1. The predicted octanol–water partition coefficient (Wildman–Crippen LogP) is 3.01. The Bertz CT molecular complexity index is 792. The summed E-state index contributed by atoms with van der Waals surface area (Å²) in [6.07, 6.45) is 0.838. The van der Waals surface area contributed by atoms with Gasteiger partial charge in [0.25, 0.3) is 5.91 Å². The molecule has 0 saturated heterocycles. The number of hydrogen-bond acceptors (Lipinski definition) is 3. The fourth-order valence-electron chi connectivity index (χ4n) is 3.37. The van der Waals surface area contributed by atoms with Gasteiger partial charge in [-0.1, -0.05) is 18.2 Å². The lowest BCUT2D eigenvalue weighted by atomic mass is 10.1. The van der Waals surface area contributed by atoms with Crippen LogP contribution in [0.15, 0.2) is 24.3 Å². The highest BCUT2D eigenvalue weighted by Crippen LogP contribution is 2.34. The Morgan fingerprint density at radius 3 is 2.65 bits per heavy atom. The third kappa shape index (κ3) is 2.32. The minimum absolute atomic E-state index is 0.0875. The number of carbonyl (C=O) groups is 2. The van der Waals surface area contributed by atoms with Gasteiger partial charge in [0, 0.05) is 17.4 Å². The van der Waals surface area contributed by atoms with E-state index in [1.807, 2.05) is 31.2 Å². The van der Waals surface area contributed by atoms with Gasteiger partial charge >= 0.3 is 5.97 Å². The number of ether oxygens (including phenoxy) is 1. The minimum Gasteiger partial charge on any atom is -0.465 e. The molecule has 0 spiro atoms. The standard InChI is InChI=1S/C18H20N2O3/c1-10-9-13-7-5-6-8-14(13)20(10)17(21)16-11(2)15(12(3)19-16)18(22)23-4/h5-8,10,19H,9H2,1-4H3. The van der Waals surface area contributed by atoms with E-state index in [2.05, 4.69) is 4.98 Å². The topological polar surface area (TPSA) is 62.4 Å². The van der Waals surface area contributed by atoms with Crippen LogP contribution in [0.1, 0.15) is 44.6 Å². The Kier molecular flexibility index (Phi) is 3.72. The molecule has 23 heavy (non-hydrogen) atoms. The zero-order valence-electron chi connectivity index (χ0n) is 13.8. The molecule has 0 fully saturated rings. The van der Waals surface area contributed by atoms with Crippen LogP contribution < -0.4 is 4.90 Å². The zero-order valence-corrected chi connectivity index (χ0v) is 13.8. The van der Waals surface area contributed by atoms with Crippen LogP contribution in [0.5, 0.6) is 0 Å². The van der Waals surface area contributed by atoms with Gasteiger partial charge in [0.05, 0.1) is 12.7 Å². The number of benzene rings is 1. The zero-order chi connectivity index (χ0) is 16.7. The van der Waals surface area contributed by atoms with Crippen molar-refractivity contribution in [2.24, 2.45) is 0 Å². The lowest BCUT2D eigenvalue weighted by molar-refractivity contribution is 0.0599. The summed E-state index contributed by atoms with van der Waals surface area (Å²) in [5, 5.41) is 0. The average Bonchev–Trinajstić information content (AvgIpc) is 3.02. The van der Waals surface area contributed by atoms with E-state index in [1.165, 1.54) is 12.7 Å². The van der Waals surface area contributed by atoms with E-state index in [1.54, 1.807) is 18.7 Å². The Morgan fingerprint density at radius 1 is 1.26 bits per heavy atom. The quantitative estimate of drug-likeness (QED) is 0.867. The molecule has 0 saturated carbocycles. The van der Waals surface area contributed by atoms with Crippen LogP contribution in [0.4, 0.5) is 5.69 Å². The molecule has 1 aromatic carbocycles. The molecule has 5 nitrogen and oxygen atoms in total. The van der Waals surface area contributed by atoms with Crippen molar-refractivity contribution in [2.75, 3.05) is 12.0 Å². The molecule has 1 amide bonds. The molecule has 1 unspecified atom stereocenters. The van der Waals surface area contributed by atoms with Crippen molar-refractivity contribution in [3.05, 3.63) is 52.3 Å². The molecule has 1 atom stereocenters. The van der Waals surface area contributed by atoms with Gasteiger partial charge in [-0.3, -0.25) is 4.79 Å². The van der Waals surface area contributed by atoms with Crippen molar-refractivity contribution >= 4 is 17.6 Å². The largest absolute Gasteiger partial charge is 0.465 e. The number of nitrogens with zero attached hydrogens (tertiary/aromatic N) is 1. The number of esters is 1. The number of amides is 1. The van der Waals surface area contributed by atoms with Crippen LogP contribution in [0.3, 0.4) is 0 Å². The summed E-state index contributed by atoms with van der Waals surface area (Å²) in [6, 6.07) is 8.02. The van der Waals surface area contributed by atoms with Crippen LogP contribution in [-0.4, -0.2) is 30.0 Å². The Morgan fingerprint density at radius 2 is 1.96 bits per heavy atom. The maximum atomic E-state index is 13.1. The van der Waals surface area contributed by atoms with Gasteiger partial charge in [-0.25, -0.2) is 4.79 Å². The second-order valence-corrected chi connectivity index (χ2v) is 5.97. The van der Waals surface area contributed by atoms with Gasteiger partial charge in [0.15, 0.2) is 0 Å². The van der Waals surface area contributed by atoms with Gasteiger partial charge in [-0.15, -0.1) is 0 Å². The van der Waals surface area contributed by atoms with E-state index in [4.69, 9.17) is 4.74 Å². The molecule has 1 aliphatic rings. The Labute approximate surface area is 135 Å². The SMILES string of the molecule is COC(=O)c1c(C)[nH]c(C(=O)N2c3ccccc3CC2C)c1C. The van der Waals surface area contributed by atoms with Crippen LogP contribution in [0.2, 0.25) is 0 Å². The molecule has 1 aromatic heterocycles. The highest BCUT2D eigenvalue weighted by molar-refractivity contribution is 6.09. The van der Waals surface area contributed by atoms with Gasteiger partial charge in [-0.2, -0.15) is 0 Å². The number of aromatic nitrogens is 1. The third-order valence-electron chi connectivity index (χ3n) is 4.47. The molecule has 2 heterocycles. The number of methoxy groups -OCH3 is 1. The molecule has 3 rings (SSSR count). The van der Waals surface area contributed by atoms with Crippen molar-refractivity contribution in [3.63, 3.8) is 0 Å². The van der Waals surface area contributed by atoms with E-state index >= 15 is 0 Å². The summed E-state index contributed by atoms with van der Waals surface area (Å²) in [5.41, 5.74) is 4.29. The maximum absolute atomic E-state index is 13.1. The van der Waals surface area contributed by atoms with Crippen LogP contribution in [0, 0.1) is 13.8 Å². The number of aryl methyl sites for hydroxylation is 1. The first-order chi connectivity index (χ1) is 11.0. The first kappa shape index (κ1) is 15.3. The van der Waals surface area contributed by atoms with Gasteiger partial charge in [0.1, 0.15) is 5.69 Å². The lowest BCUT2D eigenvalue weighted by Crippen LogP contribution is -2.36. The number of H-pyrrole nitrogens is 1. The predicted molar refractivity (Wildman–Crippen MR) is 88.0 cm³/mol. The fraction of sp³-hybridized carbons (Fsp3) is 0.333. The van der Waals surface area contributed by atoms with E-state index in [-0.39, 0.29) is 11.9 Å². The van der Waals surface area contributed by atoms with Crippen LogP contribution in [-0.2, 0) is 11.2 Å². The smallest absolute Gasteiger partial charge is 0.339 e. The number of nitrogens with one attached hydrogen (secondary N) is 1. The van der Waals surface area contributed by atoms with E-state index in [0.717, 1.165) is 12.1 Å². The van der Waals surface area contributed by atoms with Crippen molar-refractivity contribution in [1.29, 1.82) is 0 Å². The Balaban J connectivity index is 2.04. The molecule has 1 aliphatic heterocycles. The summed E-state index contributed by atoms with van der Waals surface area (Å²) < 4.78 is 4.81. The number of aromatic amines is 1. The molecular formula is C18H20N2O3. The Hall–Kier alpha value is -2.56. The molecular weight excluding hydrogens is 292 g/mol. The first-order valence-electron chi connectivity index (χ1n) is 7.64. The summed E-state index contributed by atoms with van der Waals surface area (Å²) >= 11 is 0. The van der Waals surface area contributed by atoms with Gasteiger partial charge in [0.2, 0.25) is 0 Å². The molecule has 5 heteroatoms. The molecule has 0 bridgehead atoms. The second-order valence-electron chi connectivity index (χ2n) is 5.97. The first-order valence-corrected chi connectivity index (χ1v) is 7.64. The van der Waals surface area contributed by atoms with Crippen molar-refractivity contribution < 1.29 is 14.3 Å². The molecule has 0 aliphatic carbocycles. The van der Waals surface area contributed by atoms with Crippen LogP contribution >= 0.6 is 0 Å². The highest BCUT2D eigenvalue weighted by Gasteiger charge is 2.34. The molecule has 0 radical (unpaired) electrons. The number of rotatable bonds is 2. The van der Waals surface area contributed by atoms with Crippen molar-refractivity contribution in [1.82, 2.24) is 4.98 Å². The number of para-hydroxylation sites is 1. The molecule has 1 N–H and O–H groups in total. The van der Waals surface area contributed by atoms with E-state index < -0.39 is 5.97 Å². The summed E-state index contributed by atoms with van der Waals surface area (Å²) in [4.78, 5) is 29.8. The van der Waals surface area contributed by atoms with Gasteiger partial charge < -0.3 is 14.6 Å². The number of fused-ring (bicyclic) bond motifs is 1. The van der Waals surface area contributed by atoms with Crippen LogP contribution in [0.25, 0.3) is 0 Å². The summed E-state index contributed by atoms with van der Waals surface area (Å²) in [5.74, 6) is -0.539. The minimum atomic E-state index is -0.426. The van der Waals surface area contributed by atoms with Gasteiger partial charge in [-0.05, 0) is 44.4 Å². The second kappa shape index (κ2) is 5.57. The number of hydrogen-bond donors (Lipinski definition) is 1. The third-order valence-corrected chi connectivity index (χ3v) is 4.47. The molecule has 120 valence electrons. The van der Waals surface area contributed by atoms with E-state index in [9.17, 15) is 9.59 Å². The van der Waals surface area contributed by atoms with Crippen molar-refractivity contribution in [3.8, 4) is 0 Å². The van der Waals surface area contributed by atoms with E-state index in [0.29, 0.717) is 22.5 Å². The van der Waals surface area contributed by atoms with Crippen molar-refractivity contribution in [2.45, 2.75) is 33.2 Å².